The SMILES string of the molecule is CC[C@H](/C=C/[C@@H](C)[C@H]1CCC2C3CC=C4C[C@@H](OC(=O)COP(=O)(O)OCC[N+](C)(C)C)CC[C@]4(C)C3CC[C@@]21C)C(C)C.[OH-]. The van der Waals surface area contributed by atoms with E-state index in [1.54, 1.807) is 0 Å². The molecular weight excluding hydrogens is 589 g/mol. The van der Waals surface area contributed by atoms with Crippen LogP contribution in [0.3, 0.4) is 0 Å². The number of hydrogen-bond donors (Lipinski definition) is 1. The van der Waals surface area contributed by atoms with E-state index in [1.807, 2.05) is 21.1 Å². The summed E-state index contributed by atoms with van der Waals surface area (Å²) in [5.74, 6) is 4.38. The monoisotopic (exact) mass is 653 g/mol. The van der Waals surface area contributed by atoms with Crippen LogP contribution in [0.5, 0.6) is 0 Å². The maximum atomic E-state index is 12.6. The van der Waals surface area contributed by atoms with Crippen molar-refractivity contribution in [3.63, 3.8) is 0 Å². The van der Waals surface area contributed by atoms with Gasteiger partial charge in [0, 0.05) is 6.42 Å². The number of ether oxygens (including phenoxy) is 1. The Bertz CT molecular complexity index is 1120. The minimum atomic E-state index is -4.30. The summed E-state index contributed by atoms with van der Waals surface area (Å²) in [6.45, 7) is 14.6. The highest BCUT2D eigenvalue weighted by atomic mass is 31.2. The van der Waals surface area contributed by atoms with Gasteiger partial charge in [-0.05, 0) is 104 Å². The van der Waals surface area contributed by atoms with Crippen LogP contribution in [0.2, 0.25) is 0 Å². The smallest absolute Gasteiger partial charge is 0.472 e. The average Bonchev–Trinajstić information content (AvgIpc) is 3.29. The molecule has 0 aromatic heterocycles. The van der Waals surface area contributed by atoms with Crippen LogP contribution in [0.25, 0.3) is 0 Å². The molecule has 4 unspecified atom stereocenters. The number of carbonyl (C=O) groups excluding carboxylic acids is 1. The lowest BCUT2D eigenvalue weighted by Gasteiger charge is -2.58. The highest BCUT2D eigenvalue weighted by Crippen LogP contribution is 2.67. The molecule has 10 atom stereocenters. The number of esters is 1. The molecule has 0 saturated heterocycles. The molecule has 0 spiro atoms. The molecule has 3 saturated carbocycles. The first-order valence-electron chi connectivity index (χ1n) is 17.5. The Balaban J connectivity index is 0.00000552. The minimum absolute atomic E-state index is 0. The molecule has 0 heterocycles. The Morgan fingerprint density at radius 3 is 2.42 bits per heavy atom. The van der Waals surface area contributed by atoms with E-state index >= 15 is 0 Å². The summed E-state index contributed by atoms with van der Waals surface area (Å²) < 4.78 is 28.5. The Morgan fingerprint density at radius 2 is 1.78 bits per heavy atom. The number of carbonyl (C=O) groups is 1. The Morgan fingerprint density at radius 1 is 1.07 bits per heavy atom. The van der Waals surface area contributed by atoms with Crippen molar-refractivity contribution in [3.05, 3.63) is 23.8 Å². The number of phosphoric acid groups is 1. The number of hydrogen-bond acceptors (Lipinski definition) is 6. The van der Waals surface area contributed by atoms with Gasteiger partial charge in [-0.15, -0.1) is 0 Å². The van der Waals surface area contributed by atoms with E-state index in [0.717, 1.165) is 43.4 Å². The summed E-state index contributed by atoms with van der Waals surface area (Å²) in [5, 5.41) is 0. The van der Waals surface area contributed by atoms with Crippen LogP contribution in [0.1, 0.15) is 99.3 Å². The molecule has 260 valence electrons. The van der Waals surface area contributed by atoms with Crippen molar-refractivity contribution < 1.29 is 38.0 Å². The van der Waals surface area contributed by atoms with Crippen molar-refractivity contribution >= 4 is 13.8 Å². The molecule has 0 bridgehead atoms. The second kappa shape index (κ2) is 15.0. The van der Waals surface area contributed by atoms with E-state index in [9.17, 15) is 14.3 Å². The van der Waals surface area contributed by atoms with Crippen LogP contribution in [0, 0.1) is 52.3 Å². The van der Waals surface area contributed by atoms with Crippen molar-refractivity contribution in [1.82, 2.24) is 0 Å². The maximum absolute atomic E-state index is 12.6. The first-order valence-corrected chi connectivity index (χ1v) is 19.0. The lowest BCUT2D eigenvalue weighted by atomic mass is 9.47. The average molecular weight is 654 g/mol. The van der Waals surface area contributed by atoms with Gasteiger partial charge in [-0.1, -0.05) is 65.3 Å². The number of nitrogens with zero attached hydrogens (tertiary/aromatic N) is 1. The molecule has 0 aromatic carbocycles. The van der Waals surface area contributed by atoms with Crippen LogP contribution >= 0.6 is 7.82 Å². The molecule has 3 fully saturated rings. The fraction of sp³-hybridized carbons (Fsp3) is 0.861. The van der Waals surface area contributed by atoms with Crippen molar-refractivity contribution in [2.45, 2.75) is 105 Å². The third-order valence-electron chi connectivity index (χ3n) is 12.4. The second-order valence-corrected chi connectivity index (χ2v) is 17.9. The van der Waals surface area contributed by atoms with Gasteiger partial charge in [0.15, 0.2) is 6.61 Å². The van der Waals surface area contributed by atoms with Gasteiger partial charge in [-0.25, -0.2) is 9.36 Å². The predicted molar refractivity (Wildman–Crippen MR) is 179 cm³/mol. The van der Waals surface area contributed by atoms with Gasteiger partial charge in [0.1, 0.15) is 19.3 Å². The predicted octanol–water partition coefficient (Wildman–Crippen LogP) is 8.01. The van der Waals surface area contributed by atoms with Gasteiger partial charge in [-0.2, -0.15) is 0 Å². The number of fused-ring (bicyclic) bond motifs is 5. The molecule has 0 aromatic rings. The van der Waals surface area contributed by atoms with E-state index in [2.05, 4.69) is 59.8 Å². The van der Waals surface area contributed by atoms with Gasteiger partial charge in [0.2, 0.25) is 0 Å². The van der Waals surface area contributed by atoms with E-state index in [-0.39, 0.29) is 23.6 Å². The minimum Gasteiger partial charge on any atom is -0.870 e. The highest BCUT2D eigenvalue weighted by molar-refractivity contribution is 7.47. The summed E-state index contributed by atoms with van der Waals surface area (Å²) in [4.78, 5) is 22.5. The van der Waals surface area contributed by atoms with Crippen LogP contribution in [-0.2, 0) is 23.1 Å². The molecule has 8 nitrogen and oxygen atoms in total. The van der Waals surface area contributed by atoms with Crippen molar-refractivity contribution in [2.24, 2.45) is 52.3 Å². The topological polar surface area (TPSA) is 112 Å². The zero-order valence-electron chi connectivity index (χ0n) is 29.7. The zero-order valence-corrected chi connectivity index (χ0v) is 30.6. The normalized spacial score (nSPS) is 35.8. The Kier molecular flexibility index (Phi) is 12.8. The molecule has 4 rings (SSSR count). The van der Waals surface area contributed by atoms with Crippen LogP contribution < -0.4 is 0 Å². The lowest BCUT2D eigenvalue weighted by Crippen LogP contribution is -2.51. The largest absolute Gasteiger partial charge is 0.870 e. The van der Waals surface area contributed by atoms with E-state index in [4.69, 9.17) is 13.8 Å². The van der Waals surface area contributed by atoms with Crippen molar-refractivity contribution in [3.8, 4) is 0 Å². The van der Waals surface area contributed by atoms with Crippen LogP contribution in [0.4, 0.5) is 0 Å². The Labute approximate surface area is 273 Å². The number of likely N-dealkylation sites (N-methyl/N-ethyl adjacent to an activating group) is 1. The molecule has 0 aliphatic heterocycles. The zero-order chi connectivity index (χ0) is 32.5. The summed E-state index contributed by atoms with van der Waals surface area (Å²) in [7, 11) is 1.59. The maximum Gasteiger partial charge on any atom is 0.472 e. The van der Waals surface area contributed by atoms with E-state index in [1.165, 1.54) is 37.7 Å². The number of phosphoric ester groups is 1. The summed E-state index contributed by atoms with van der Waals surface area (Å²) in [6.07, 6.45) is 17.6. The van der Waals surface area contributed by atoms with Gasteiger partial charge < -0.3 is 19.6 Å². The number of rotatable bonds is 13. The standard InChI is InChI=1S/C36H62NO6P.H2O/c1-10-27(25(2)3)12-11-26(4)31-15-16-32-30-14-13-28-23-29(17-19-35(28,5)33(30)18-20-36(31,32)6)43-34(38)24-42-44(39,40)41-22-21-37(7,8)9;/h11-13,25-27,29-33H,10,14-24H2,1-9H3;1H2/b12-11+;/t26-,27-,29+,30?,31-,32?,33?,35+,36-;/m1./s1. The highest BCUT2D eigenvalue weighted by Gasteiger charge is 2.59. The fourth-order valence-corrected chi connectivity index (χ4v) is 10.4. The number of quaternary nitrogens is 1. The van der Waals surface area contributed by atoms with E-state index in [0.29, 0.717) is 40.1 Å². The third kappa shape index (κ3) is 8.91. The molecule has 0 amide bonds. The fourth-order valence-electron chi connectivity index (χ4n) is 9.74. The molecule has 4 aliphatic rings. The first-order chi connectivity index (χ1) is 20.5. The van der Waals surface area contributed by atoms with Gasteiger partial charge in [-0.3, -0.25) is 9.05 Å². The van der Waals surface area contributed by atoms with Crippen molar-refractivity contribution in [2.75, 3.05) is 40.9 Å². The quantitative estimate of drug-likeness (QED) is 0.0927. The van der Waals surface area contributed by atoms with Gasteiger partial charge in [0.05, 0.1) is 21.1 Å². The Hall–Kier alpha value is -1.02. The number of allylic oxidation sites excluding steroid dienone is 3. The van der Waals surface area contributed by atoms with Gasteiger partial charge in [0.25, 0.3) is 0 Å². The molecule has 0 radical (unpaired) electrons. The van der Waals surface area contributed by atoms with Crippen molar-refractivity contribution in [1.29, 1.82) is 0 Å². The van der Waals surface area contributed by atoms with Crippen LogP contribution in [-0.4, -0.2) is 67.8 Å². The molecule has 45 heavy (non-hydrogen) atoms. The first kappa shape index (κ1) is 38.4. The van der Waals surface area contributed by atoms with Gasteiger partial charge >= 0.3 is 13.8 Å². The molecule has 9 heteroatoms. The molecule has 2 N–H and O–H groups in total. The molecular formula is C36H64NO7P. The summed E-state index contributed by atoms with van der Waals surface area (Å²) in [5.41, 5.74) is 2.04. The summed E-state index contributed by atoms with van der Waals surface area (Å²) >= 11 is 0. The van der Waals surface area contributed by atoms with E-state index < -0.39 is 20.4 Å². The third-order valence-corrected chi connectivity index (χ3v) is 13.4. The lowest BCUT2D eigenvalue weighted by molar-refractivity contribution is -0.870. The summed E-state index contributed by atoms with van der Waals surface area (Å²) in [6, 6.07) is 0. The van der Waals surface area contributed by atoms with Crippen LogP contribution in [0.15, 0.2) is 23.8 Å². The molecule has 4 aliphatic carbocycles. The second-order valence-electron chi connectivity index (χ2n) is 16.5.